The van der Waals surface area contributed by atoms with Crippen molar-refractivity contribution in [3.8, 4) is 11.5 Å². The number of fused-ring (bicyclic) bond motifs is 1. The van der Waals surface area contributed by atoms with E-state index in [0.717, 1.165) is 5.56 Å². The average molecular weight is 345 g/mol. The van der Waals surface area contributed by atoms with E-state index in [1.807, 2.05) is 6.07 Å². The third-order valence-electron chi connectivity index (χ3n) is 3.37. The van der Waals surface area contributed by atoms with Crippen LogP contribution in [0.15, 0.2) is 48.2 Å². The molecule has 0 saturated heterocycles. The number of esters is 1. The molecule has 3 rings (SSSR count). The fourth-order valence-electron chi connectivity index (χ4n) is 2.21. The highest BCUT2D eigenvalue weighted by molar-refractivity contribution is 6.30. The van der Waals surface area contributed by atoms with Gasteiger partial charge in [-0.1, -0.05) is 23.7 Å². The summed E-state index contributed by atoms with van der Waals surface area (Å²) >= 11 is 5.94. The van der Waals surface area contributed by atoms with E-state index in [0.29, 0.717) is 22.1 Å². The maximum atomic E-state index is 12.4. The SMILES string of the molecule is COC(=O)COc1ccc2c(c1)OC(=Cc1cccc(Cl)c1)C2=O. The zero-order chi connectivity index (χ0) is 17.1. The van der Waals surface area contributed by atoms with Gasteiger partial charge in [-0.2, -0.15) is 0 Å². The van der Waals surface area contributed by atoms with E-state index in [-0.39, 0.29) is 18.1 Å². The normalized spacial score (nSPS) is 14.2. The summed E-state index contributed by atoms with van der Waals surface area (Å²) in [6.07, 6.45) is 1.63. The number of allylic oxidation sites excluding steroid dienone is 1. The predicted molar refractivity (Wildman–Crippen MR) is 88.3 cm³/mol. The van der Waals surface area contributed by atoms with Gasteiger partial charge >= 0.3 is 5.97 Å². The Kier molecular flexibility index (Phi) is 4.53. The molecule has 0 aliphatic carbocycles. The highest BCUT2D eigenvalue weighted by atomic mass is 35.5. The quantitative estimate of drug-likeness (QED) is 0.627. The zero-order valence-corrected chi connectivity index (χ0v) is 13.5. The molecule has 1 aliphatic rings. The van der Waals surface area contributed by atoms with Crippen LogP contribution >= 0.6 is 11.6 Å². The van der Waals surface area contributed by atoms with E-state index in [1.54, 1.807) is 42.5 Å². The maximum Gasteiger partial charge on any atom is 0.343 e. The number of hydrogen-bond acceptors (Lipinski definition) is 5. The van der Waals surface area contributed by atoms with Gasteiger partial charge < -0.3 is 14.2 Å². The molecule has 1 heterocycles. The Morgan fingerprint density at radius 1 is 1.25 bits per heavy atom. The van der Waals surface area contributed by atoms with Gasteiger partial charge in [-0.3, -0.25) is 4.79 Å². The minimum Gasteiger partial charge on any atom is -0.482 e. The van der Waals surface area contributed by atoms with Gasteiger partial charge in [-0.25, -0.2) is 4.79 Å². The lowest BCUT2D eigenvalue weighted by Gasteiger charge is -2.05. The predicted octanol–water partition coefficient (Wildman–Crippen LogP) is 3.51. The molecule has 1 aliphatic heterocycles. The summed E-state index contributed by atoms with van der Waals surface area (Å²) in [5, 5.41) is 0.575. The van der Waals surface area contributed by atoms with Crippen molar-refractivity contribution in [2.24, 2.45) is 0 Å². The third kappa shape index (κ3) is 3.41. The van der Waals surface area contributed by atoms with Crippen LogP contribution in [0, 0.1) is 0 Å². The molecule has 0 fully saturated rings. The van der Waals surface area contributed by atoms with Crippen molar-refractivity contribution in [3.63, 3.8) is 0 Å². The second kappa shape index (κ2) is 6.76. The highest BCUT2D eigenvalue weighted by Crippen LogP contribution is 2.35. The van der Waals surface area contributed by atoms with Gasteiger partial charge in [0.15, 0.2) is 12.4 Å². The van der Waals surface area contributed by atoms with Crippen molar-refractivity contribution in [2.75, 3.05) is 13.7 Å². The highest BCUT2D eigenvalue weighted by Gasteiger charge is 2.27. The summed E-state index contributed by atoms with van der Waals surface area (Å²) < 4.78 is 15.4. The fourth-order valence-corrected chi connectivity index (χ4v) is 2.40. The minimum atomic E-state index is -0.492. The molecule has 0 amide bonds. The molecule has 0 radical (unpaired) electrons. The molecule has 2 aromatic carbocycles. The fraction of sp³-hybridized carbons (Fsp3) is 0.111. The van der Waals surface area contributed by atoms with Crippen LogP contribution in [0.3, 0.4) is 0 Å². The van der Waals surface area contributed by atoms with Crippen LogP contribution in [0.1, 0.15) is 15.9 Å². The Bertz CT molecular complexity index is 841. The van der Waals surface area contributed by atoms with E-state index in [9.17, 15) is 9.59 Å². The lowest BCUT2D eigenvalue weighted by atomic mass is 10.1. The molecule has 5 nitrogen and oxygen atoms in total. The molecule has 6 heteroatoms. The van der Waals surface area contributed by atoms with E-state index >= 15 is 0 Å². The van der Waals surface area contributed by atoms with E-state index in [1.165, 1.54) is 7.11 Å². The topological polar surface area (TPSA) is 61.8 Å². The summed E-state index contributed by atoms with van der Waals surface area (Å²) in [4.78, 5) is 23.5. The monoisotopic (exact) mass is 344 g/mol. The van der Waals surface area contributed by atoms with Gasteiger partial charge in [0.1, 0.15) is 11.5 Å². The van der Waals surface area contributed by atoms with Gasteiger partial charge in [0.2, 0.25) is 5.78 Å². The Morgan fingerprint density at radius 2 is 2.08 bits per heavy atom. The molecular weight excluding hydrogens is 332 g/mol. The minimum absolute atomic E-state index is 0.206. The van der Waals surface area contributed by atoms with Crippen LogP contribution in [0.2, 0.25) is 5.02 Å². The molecule has 0 aromatic heterocycles. The molecule has 2 aromatic rings. The number of hydrogen-bond donors (Lipinski definition) is 0. The number of methoxy groups -OCH3 is 1. The Morgan fingerprint density at radius 3 is 2.83 bits per heavy atom. The van der Waals surface area contributed by atoms with Gasteiger partial charge in [0, 0.05) is 11.1 Å². The second-order valence-corrected chi connectivity index (χ2v) is 5.45. The molecule has 0 atom stereocenters. The van der Waals surface area contributed by atoms with E-state index in [4.69, 9.17) is 21.1 Å². The average Bonchev–Trinajstić information content (AvgIpc) is 2.88. The molecule has 0 saturated carbocycles. The number of carbonyl (C=O) groups excluding carboxylic acids is 2. The summed E-state index contributed by atoms with van der Waals surface area (Å²) in [7, 11) is 1.28. The van der Waals surface area contributed by atoms with Crippen LogP contribution < -0.4 is 9.47 Å². The summed E-state index contributed by atoms with van der Waals surface area (Å²) in [6, 6.07) is 11.9. The molecule has 0 spiro atoms. The number of rotatable bonds is 4. The van der Waals surface area contributed by atoms with Crippen molar-refractivity contribution >= 4 is 29.4 Å². The molecule has 0 N–H and O–H groups in total. The van der Waals surface area contributed by atoms with Crippen LogP contribution in [0.4, 0.5) is 0 Å². The number of carbonyl (C=O) groups is 2. The van der Waals surface area contributed by atoms with Crippen molar-refractivity contribution < 1.29 is 23.8 Å². The van der Waals surface area contributed by atoms with E-state index < -0.39 is 5.97 Å². The molecule has 122 valence electrons. The first-order chi connectivity index (χ1) is 11.6. The number of Topliss-reactive ketones (excluding diaryl/α,β-unsaturated/α-hetero) is 1. The van der Waals surface area contributed by atoms with Gasteiger partial charge in [-0.15, -0.1) is 0 Å². The van der Waals surface area contributed by atoms with Crippen LogP contribution in [-0.4, -0.2) is 25.5 Å². The van der Waals surface area contributed by atoms with Gasteiger partial charge in [0.25, 0.3) is 0 Å². The molecule has 0 bridgehead atoms. The maximum absolute atomic E-state index is 12.4. The van der Waals surface area contributed by atoms with E-state index in [2.05, 4.69) is 4.74 Å². The first-order valence-corrected chi connectivity index (χ1v) is 7.48. The number of ether oxygens (including phenoxy) is 3. The smallest absolute Gasteiger partial charge is 0.343 e. The van der Waals surface area contributed by atoms with Gasteiger partial charge in [0.05, 0.1) is 12.7 Å². The van der Waals surface area contributed by atoms with Crippen LogP contribution in [0.25, 0.3) is 6.08 Å². The van der Waals surface area contributed by atoms with Crippen molar-refractivity contribution in [3.05, 3.63) is 64.4 Å². The molecule has 0 unspecified atom stereocenters. The number of ketones is 1. The second-order valence-electron chi connectivity index (χ2n) is 5.02. The summed E-state index contributed by atoms with van der Waals surface area (Å²) in [5.41, 5.74) is 1.20. The Balaban J connectivity index is 1.81. The lowest BCUT2D eigenvalue weighted by molar-refractivity contribution is -0.142. The van der Waals surface area contributed by atoms with Crippen molar-refractivity contribution in [2.45, 2.75) is 0 Å². The van der Waals surface area contributed by atoms with Gasteiger partial charge in [-0.05, 0) is 35.9 Å². The third-order valence-corrected chi connectivity index (χ3v) is 3.61. The largest absolute Gasteiger partial charge is 0.482 e. The molecular formula is C18H13ClO5. The first kappa shape index (κ1) is 16.1. The number of halogens is 1. The first-order valence-electron chi connectivity index (χ1n) is 7.10. The molecule has 24 heavy (non-hydrogen) atoms. The summed E-state index contributed by atoms with van der Waals surface area (Å²) in [6.45, 7) is -0.214. The lowest BCUT2D eigenvalue weighted by Crippen LogP contribution is -2.12. The Labute approximate surface area is 143 Å². The van der Waals surface area contributed by atoms with Crippen LogP contribution in [0.5, 0.6) is 11.5 Å². The van der Waals surface area contributed by atoms with Crippen molar-refractivity contribution in [1.82, 2.24) is 0 Å². The standard InChI is InChI=1S/C18H13ClO5/c1-22-17(20)10-23-13-5-6-14-15(9-13)24-16(18(14)21)8-11-3-2-4-12(19)7-11/h2-9H,10H2,1H3. The zero-order valence-electron chi connectivity index (χ0n) is 12.7. The number of benzene rings is 2. The Hall–Kier alpha value is -2.79. The van der Waals surface area contributed by atoms with Crippen LogP contribution in [-0.2, 0) is 9.53 Å². The summed E-state index contributed by atoms with van der Waals surface area (Å²) in [5.74, 6) is 0.294. The van der Waals surface area contributed by atoms with Crippen molar-refractivity contribution in [1.29, 1.82) is 0 Å².